The van der Waals surface area contributed by atoms with Gasteiger partial charge in [0.2, 0.25) is 0 Å². The van der Waals surface area contributed by atoms with Crippen LogP contribution in [0.15, 0.2) is 24.3 Å². The number of nitrogens with one attached hydrogen (secondary N) is 2. The zero-order valence-corrected chi connectivity index (χ0v) is 14.1. The summed E-state index contributed by atoms with van der Waals surface area (Å²) in [5.74, 6) is 0.856. The molecule has 0 aliphatic carbocycles. The van der Waals surface area contributed by atoms with Gasteiger partial charge in [0.1, 0.15) is 51.2 Å². The molecular weight excluding hydrogens is 276 g/mol. The Labute approximate surface area is 134 Å². The van der Waals surface area contributed by atoms with E-state index in [-0.39, 0.29) is 6.10 Å². The van der Waals surface area contributed by atoms with Crippen LogP contribution in [0.25, 0.3) is 0 Å². The molecule has 1 aliphatic rings. The second kappa shape index (κ2) is 9.13. The van der Waals surface area contributed by atoms with E-state index < -0.39 is 0 Å². The van der Waals surface area contributed by atoms with Gasteiger partial charge < -0.3 is 19.6 Å². The predicted octanol–water partition coefficient (Wildman–Crippen LogP) is -0.818. The van der Waals surface area contributed by atoms with E-state index in [0.717, 1.165) is 38.2 Å². The van der Waals surface area contributed by atoms with E-state index >= 15 is 0 Å². The van der Waals surface area contributed by atoms with E-state index in [1.165, 1.54) is 30.1 Å². The molecule has 124 valence electrons. The fourth-order valence-electron chi connectivity index (χ4n) is 3.14. The standard InChI is InChI=1S/C18H30N2O2/c1-3-5-16-6-8-18(9-7-16)22-15-17(21)14-20-12-10-19(4-2)11-13-20/h6-9,17,21H,3-5,10-15H2,1-2H3/p+2/t17-/m0/s1. The molecule has 0 aromatic heterocycles. The number of hydrogen-bond donors (Lipinski definition) is 3. The minimum Gasteiger partial charge on any atom is -0.491 e. The van der Waals surface area contributed by atoms with Crippen LogP contribution in [-0.2, 0) is 6.42 Å². The Kier molecular flexibility index (Phi) is 7.16. The zero-order valence-electron chi connectivity index (χ0n) is 14.1. The largest absolute Gasteiger partial charge is 0.491 e. The first-order valence-corrected chi connectivity index (χ1v) is 8.78. The number of likely N-dealkylation sites (N-methyl/N-ethyl adjacent to an activating group) is 1. The molecule has 4 nitrogen and oxygen atoms in total. The highest BCUT2D eigenvalue weighted by molar-refractivity contribution is 5.27. The van der Waals surface area contributed by atoms with Crippen molar-refractivity contribution >= 4 is 0 Å². The molecule has 0 spiro atoms. The quantitative estimate of drug-likeness (QED) is 0.587. The first kappa shape index (κ1) is 17.3. The van der Waals surface area contributed by atoms with Crippen LogP contribution in [0.2, 0.25) is 0 Å². The Bertz CT molecular complexity index is 414. The van der Waals surface area contributed by atoms with Crippen LogP contribution in [0.5, 0.6) is 5.75 Å². The normalized spacial score (nSPS) is 23.2. The molecule has 1 fully saturated rings. The molecule has 22 heavy (non-hydrogen) atoms. The average Bonchev–Trinajstić information content (AvgIpc) is 2.55. The van der Waals surface area contributed by atoms with Crippen molar-refractivity contribution < 1.29 is 19.6 Å². The Hall–Kier alpha value is -1.10. The van der Waals surface area contributed by atoms with Crippen molar-refractivity contribution in [1.82, 2.24) is 0 Å². The maximum Gasteiger partial charge on any atom is 0.137 e. The fraction of sp³-hybridized carbons (Fsp3) is 0.667. The summed E-state index contributed by atoms with van der Waals surface area (Å²) in [6.07, 6.45) is 1.89. The number of aryl methyl sites for hydroxylation is 1. The van der Waals surface area contributed by atoms with Crippen LogP contribution >= 0.6 is 0 Å². The zero-order chi connectivity index (χ0) is 15.8. The monoisotopic (exact) mass is 308 g/mol. The molecule has 2 rings (SSSR count). The first-order valence-electron chi connectivity index (χ1n) is 8.78. The van der Waals surface area contributed by atoms with Crippen molar-refractivity contribution in [3.05, 3.63) is 29.8 Å². The maximum atomic E-state index is 10.2. The van der Waals surface area contributed by atoms with Gasteiger partial charge >= 0.3 is 0 Å². The highest BCUT2D eigenvalue weighted by Crippen LogP contribution is 2.13. The minimum absolute atomic E-state index is 0.381. The lowest BCUT2D eigenvalue weighted by atomic mass is 10.1. The topological polar surface area (TPSA) is 38.3 Å². The molecule has 0 unspecified atom stereocenters. The van der Waals surface area contributed by atoms with Crippen LogP contribution in [0.1, 0.15) is 25.8 Å². The number of rotatable bonds is 8. The highest BCUT2D eigenvalue weighted by Gasteiger charge is 2.23. The van der Waals surface area contributed by atoms with E-state index in [1.54, 1.807) is 4.90 Å². The average molecular weight is 308 g/mol. The third kappa shape index (κ3) is 5.59. The van der Waals surface area contributed by atoms with Crippen LogP contribution in [0.4, 0.5) is 0 Å². The smallest absolute Gasteiger partial charge is 0.137 e. The van der Waals surface area contributed by atoms with Gasteiger partial charge in [0.05, 0.1) is 6.54 Å². The summed E-state index contributed by atoms with van der Waals surface area (Å²) < 4.78 is 5.72. The van der Waals surface area contributed by atoms with Gasteiger partial charge in [-0.05, 0) is 31.0 Å². The second-order valence-corrected chi connectivity index (χ2v) is 6.42. The number of hydrogen-bond acceptors (Lipinski definition) is 2. The molecule has 4 heteroatoms. The molecule has 0 radical (unpaired) electrons. The van der Waals surface area contributed by atoms with E-state index in [0.29, 0.717) is 6.61 Å². The van der Waals surface area contributed by atoms with Crippen LogP contribution in [-0.4, -0.2) is 57.1 Å². The van der Waals surface area contributed by atoms with Crippen molar-refractivity contribution in [3.8, 4) is 5.75 Å². The van der Waals surface area contributed by atoms with Crippen molar-refractivity contribution in [2.45, 2.75) is 32.8 Å². The van der Waals surface area contributed by atoms with Gasteiger partial charge in [-0.3, -0.25) is 0 Å². The summed E-state index contributed by atoms with van der Waals surface area (Å²) in [5, 5.41) is 10.2. The van der Waals surface area contributed by atoms with Crippen molar-refractivity contribution in [2.24, 2.45) is 0 Å². The molecule has 1 aromatic carbocycles. The summed E-state index contributed by atoms with van der Waals surface area (Å²) in [6, 6.07) is 8.24. The summed E-state index contributed by atoms with van der Waals surface area (Å²) in [7, 11) is 0. The van der Waals surface area contributed by atoms with E-state index in [2.05, 4.69) is 26.0 Å². The van der Waals surface area contributed by atoms with Gasteiger partial charge in [-0.15, -0.1) is 0 Å². The van der Waals surface area contributed by atoms with Gasteiger partial charge in [-0.25, -0.2) is 0 Å². The lowest BCUT2D eigenvalue weighted by Gasteiger charge is -2.30. The van der Waals surface area contributed by atoms with E-state index in [1.807, 2.05) is 12.1 Å². The third-order valence-corrected chi connectivity index (χ3v) is 4.59. The first-order chi connectivity index (χ1) is 10.7. The summed E-state index contributed by atoms with van der Waals surface area (Å²) in [4.78, 5) is 3.19. The minimum atomic E-state index is -0.381. The molecule has 1 atom stereocenters. The number of aliphatic hydroxyl groups is 1. The maximum absolute atomic E-state index is 10.2. The molecule has 0 bridgehead atoms. The number of quaternary nitrogens is 2. The number of ether oxygens (including phenoxy) is 1. The lowest BCUT2D eigenvalue weighted by Crippen LogP contribution is -3.28. The Balaban J connectivity index is 1.68. The van der Waals surface area contributed by atoms with Gasteiger partial charge in [0.25, 0.3) is 0 Å². The van der Waals surface area contributed by atoms with Crippen molar-refractivity contribution in [3.63, 3.8) is 0 Å². The third-order valence-electron chi connectivity index (χ3n) is 4.59. The van der Waals surface area contributed by atoms with Gasteiger partial charge in [0, 0.05) is 0 Å². The Morgan fingerprint density at radius 2 is 1.68 bits per heavy atom. The molecule has 1 saturated heterocycles. The lowest BCUT2D eigenvalue weighted by molar-refractivity contribution is -1.01. The van der Waals surface area contributed by atoms with E-state index in [4.69, 9.17) is 4.74 Å². The Morgan fingerprint density at radius 3 is 2.27 bits per heavy atom. The fourth-order valence-corrected chi connectivity index (χ4v) is 3.14. The SMILES string of the molecule is CCCc1ccc(OC[C@@H](O)C[NH+]2CC[NH+](CC)CC2)cc1. The van der Waals surface area contributed by atoms with Gasteiger partial charge in [-0.2, -0.15) is 0 Å². The summed E-state index contributed by atoms with van der Waals surface area (Å²) in [6.45, 7) is 11.6. The van der Waals surface area contributed by atoms with Crippen LogP contribution < -0.4 is 14.5 Å². The molecule has 3 N–H and O–H groups in total. The molecule has 1 aliphatic heterocycles. The number of piperazine rings is 1. The van der Waals surface area contributed by atoms with Crippen molar-refractivity contribution in [1.29, 1.82) is 0 Å². The molecule has 0 saturated carbocycles. The molecule has 0 amide bonds. The molecular formula is C18H32N2O2+2. The number of benzene rings is 1. The predicted molar refractivity (Wildman–Crippen MR) is 88.7 cm³/mol. The van der Waals surface area contributed by atoms with Gasteiger partial charge in [0.15, 0.2) is 0 Å². The molecule has 1 aromatic rings. The molecule has 1 heterocycles. The van der Waals surface area contributed by atoms with Crippen LogP contribution in [0, 0.1) is 0 Å². The second-order valence-electron chi connectivity index (χ2n) is 6.42. The van der Waals surface area contributed by atoms with Crippen LogP contribution in [0.3, 0.4) is 0 Å². The van der Waals surface area contributed by atoms with E-state index in [9.17, 15) is 5.11 Å². The highest BCUT2D eigenvalue weighted by atomic mass is 16.5. The van der Waals surface area contributed by atoms with Gasteiger partial charge in [-0.1, -0.05) is 25.5 Å². The summed E-state index contributed by atoms with van der Waals surface area (Å²) >= 11 is 0. The Morgan fingerprint density at radius 1 is 1.05 bits per heavy atom. The summed E-state index contributed by atoms with van der Waals surface area (Å²) in [5.41, 5.74) is 1.34. The van der Waals surface area contributed by atoms with Crippen molar-refractivity contribution in [2.75, 3.05) is 45.9 Å². The number of aliphatic hydroxyl groups excluding tert-OH is 1.